The summed E-state index contributed by atoms with van der Waals surface area (Å²) in [7, 11) is 0. The predicted molar refractivity (Wildman–Crippen MR) is 43.4 cm³/mol. The molecule has 0 aliphatic heterocycles. The number of aromatic nitrogens is 1. The maximum absolute atomic E-state index is 5.87. The molecule has 54 valence electrons. The lowest BCUT2D eigenvalue weighted by Gasteiger charge is -1.98. The van der Waals surface area contributed by atoms with Gasteiger partial charge < -0.3 is 0 Å². The molecule has 0 fully saturated rings. The van der Waals surface area contributed by atoms with E-state index in [1.165, 1.54) is 0 Å². The minimum Gasteiger partial charge on any atom is -0.259 e. The maximum atomic E-state index is 5.87. The van der Waals surface area contributed by atoms with E-state index in [0.717, 1.165) is 22.7 Å². The van der Waals surface area contributed by atoms with E-state index in [1.54, 1.807) is 0 Å². The number of halogens is 1. The standard InChI is InChI=1S/C8H10ClN/c1-3-8-7(9)4-6(2)5-10-8/h4-5H,3H2,1-2H3. The molecule has 1 rings (SSSR count). The second-order valence-corrected chi connectivity index (χ2v) is 2.70. The smallest absolute Gasteiger partial charge is 0.0623 e. The second-order valence-electron chi connectivity index (χ2n) is 2.29. The Hall–Kier alpha value is -0.560. The highest BCUT2D eigenvalue weighted by Gasteiger charge is 1.97. The third kappa shape index (κ3) is 1.48. The molecule has 0 spiro atoms. The van der Waals surface area contributed by atoms with Gasteiger partial charge in [0.1, 0.15) is 0 Å². The molecule has 0 aliphatic rings. The van der Waals surface area contributed by atoms with Crippen molar-refractivity contribution in [3.05, 3.63) is 28.5 Å². The summed E-state index contributed by atoms with van der Waals surface area (Å²) >= 11 is 5.87. The zero-order valence-electron chi connectivity index (χ0n) is 6.19. The van der Waals surface area contributed by atoms with E-state index in [1.807, 2.05) is 26.1 Å². The van der Waals surface area contributed by atoms with Crippen LogP contribution in [0.25, 0.3) is 0 Å². The van der Waals surface area contributed by atoms with Crippen LogP contribution in [0, 0.1) is 6.92 Å². The van der Waals surface area contributed by atoms with E-state index in [4.69, 9.17) is 11.6 Å². The lowest BCUT2D eigenvalue weighted by molar-refractivity contribution is 1.03. The summed E-state index contributed by atoms with van der Waals surface area (Å²) < 4.78 is 0. The lowest BCUT2D eigenvalue weighted by atomic mass is 10.2. The molecule has 0 bridgehead atoms. The van der Waals surface area contributed by atoms with Gasteiger partial charge in [0.05, 0.1) is 10.7 Å². The Kier molecular flexibility index (Phi) is 2.28. The zero-order valence-corrected chi connectivity index (χ0v) is 6.94. The van der Waals surface area contributed by atoms with Gasteiger partial charge in [-0.3, -0.25) is 4.98 Å². The Morgan fingerprint density at radius 2 is 2.30 bits per heavy atom. The summed E-state index contributed by atoms with van der Waals surface area (Å²) in [5, 5.41) is 0.780. The Bertz CT molecular complexity index is 233. The molecule has 1 heterocycles. The number of aryl methyl sites for hydroxylation is 2. The topological polar surface area (TPSA) is 12.9 Å². The molecule has 0 N–H and O–H groups in total. The molecule has 0 radical (unpaired) electrons. The van der Waals surface area contributed by atoms with Crippen molar-refractivity contribution in [3.63, 3.8) is 0 Å². The third-order valence-electron chi connectivity index (χ3n) is 1.39. The quantitative estimate of drug-likeness (QED) is 0.608. The Labute approximate surface area is 66.0 Å². The van der Waals surface area contributed by atoms with Crippen molar-refractivity contribution in [3.8, 4) is 0 Å². The molecular formula is C8H10ClN. The monoisotopic (exact) mass is 155 g/mol. The highest BCUT2D eigenvalue weighted by Crippen LogP contribution is 2.14. The van der Waals surface area contributed by atoms with Gasteiger partial charge in [0.25, 0.3) is 0 Å². The van der Waals surface area contributed by atoms with Crippen LogP contribution in [-0.2, 0) is 6.42 Å². The number of hydrogen-bond donors (Lipinski definition) is 0. The van der Waals surface area contributed by atoms with Gasteiger partial charge >= 0.3 is 0 Å². The van der Waals surface area contributed by atoms with Crippen molar-refractivity contribution >= 4 is 11.6 Å². The molecule has 1 aromatic heterocycles. The van der Waals surface area contributed by atoms with Crippen LogP contribution in [0.1, 0.15) is 18.2 Å². The zero-order chi connectivity index (χ0) is 7.56. The molecule has 0 saturated heterocycles. The molecular weight excluding hydrogens is 146 g/mol. The summed E-state index contributed by atoms with van der Waals surface area (Å²) in [6.07, 6.45) is 2.74. The Balaban J connectivity index is 3.07. The van der Waals surface area contributed by atoms with Crippen LogP contribution in [0.5, 0.6) is 0 Å². The normalized spacial score (nSPS) is 9.90. The summed E-state index contributed by atoms with van der Waals surface area (Å²) in [4.78, 5) is 4.16. The first-order valence-electron chi connectivity index (χ1n) is 3.35. The van der Waals surface area contributed by atoms with Crippen LogP contribution < -0.4 is 0 Å². The van der Waals surface area contributed by atoms with E-state index in [9.17, 15) is 0 Å². The molecule has 0 aliphatic carbocycles. The van der Waals surface area contributed by atoms with Gasteiger partial charge in [-0.2, -0.15) is 0 Å². The number of hydrogen-bond acceptors (Lipinski definition) is 1. The SMILES string of the molecule is CCc1ncc(C)cc1Cl. The molecule has 1 nitrogen and oxygen atoms in total. The summed E-state index contributed by atoms with van der Waals surface area (Å²) in [5.41, 5.74) is 2.09. The van der Waals surface area contributed by atoms with Crippen molar-refractivity contribution in [1.82, 2.24) is 4.98 Å². The first-order valence-corrected chi connectivity index (χ1v) is 3.73. The minimum atomic E-state index is 0.780. The fourth-order valence-corrected chi connectivity index (χ4v) is 1.18. The fourth-order valence-electron chi connectivity index (χ4n) is 0.822. The maximum Gasteiger partial charge on any atom is 0.0623 e. The molecule has 0 saturated carbocycles. The van der Waals surface area contributed by atoms with Crippen molar-refractivity contribution in [2.75, 3.05) is 0 Å². The number of pyridine rings is 1. The summed E-state index contributed by atoms with van der Waals surface area (Å²) in [6.45, 7) is 4.03. The van der Waals surface area contributed by atoms with Crippen LogP contribution in [0.15, 0.2) is 12.3 Å². The molecule has 0 atom stereocenters. The van der Waals surface area contributed by atoms with Crippen LogP contribution in [-0.4, -0.2) is 4.98 Å². The van der Waals surface area contributed by atoms with E-state index in [-0.39, 0.29) is 0 Å². The molecule has 0 unspecified atom stereocenters. The van der Waals surface area contributed by atoms with Gasteiger partial charge in [-0.15, -0.1) is 0 Å². The Morgan fingerprint density at radius 1 is 1.60 bits per heavy atom. The molecule has 1 aromatic rings. The van der Waals surface area contributed by atoms with Crippen molar-refractivity contribution in [2.45, 2.75) is 20.3 Å². The van der Waals surface area contributed by atoms with Crippen LogP contribution in [0.2, 0.25) is 5.02 Å². The second kappa shape index (κ2) is 3.02. The summed E-state index contributed by atoms with van der Waals surface area (Å²) in [6, 6.07) is 1.94. The molecule has 0 amide bonds. The van der Waals surface area contributed by atoms with Gasteiger partial charge in [0.2, 0.25) is 0 Å². The third-order valence-corrected chi connectivity index (χ3v) is 1.72. The first kappa shape index (κ1) is 7.55. The van der Waals surface area contributed by atoms with Gasteiger partial charge in [-0.05, 0) is 25.0 Å². The van der Waals surface area contributed by atoms with Crippen LogP contribution in [0.3, 0.4) is 0 Å². The highest BCUT2D eigenvalue weighted by atomic mass is 35.5. The average Bonchev–Trinajstić information content (AvgIpc) is 1.88. The van der Waals surface area contributed by atoms with Crippen LogP contribution in [0.4, 0.5) is 0 Å². The van der Waals surface area contributed by atoms with Gasteiger partial charge in [-0.1, -0.05) is 18.5 Å². The van der Waals surface area contributed by atoms with E-state index < -0.39 is 0 Å². The van der Waals surface area contributed by atoms with Gasteiger partial charge in [0, 0.05) is 6.20 Å². The van der Waals surface area contributed by atoms with Crippen molar-refractivity contribution < 1.29 is 0 Å². The van der Waals surface area contributed by atoms with E-state index >= 15 is 0 Å². The average molecular weight is 156 g/mol. The summed E-state index contributed by atoms with van der Waals surface area (Å²) in [5.74, 6) is 0. The molecule has 0 aromatic carbocycles. The van der Waals surface area contributed by atoms with Crippen LogP contribution >= 0.6 is 11.6 Å². The molecule has 10 heavy (non-hydrogen) atoms. The number of rotatable bonds is 1. The number of nitrogens with zero attached hydrogens (tertiary/aromatic N) is 1. The van der Waals surface area contributed by atoms with Gasteiger partial charge in [-0.25, -0.2) is 0 Å². The fraction of sp³-hybridized carbons (Fsp3) is 0.375. The lowest BCUT2D eigenvalue weighted by Crippen LogP contribution is -1.88. The molecule has 2 heteroatoms. The van der Waals surface area contributed by atoms with E-state index in [0.29, 0.717) is 0 Å². The predicted octanol–water partition coefficient (Wildman–Crippen LogP) is 2.61. The van der Waals surface area contributed by atoms with Crippen molar-refractivity contribution in [1.29, 1.82) is 0 Å². The first-order chi connectivity index (χ1) is 4.74. The Morgan fingerprint density at radius 3 is 2.80 bits per heavy atom. The largest absolute Gasteiger partial charge is 0.259 e. The van der Waals surface area contributed by atoms with Gasteiger partial charge in [0.15, 0.2) is 0 Å². The van der Waals surface area contributed by atoms with E-state index in [2.05, 4.69) is 4.98 Å². The highest BCUT2D eigenvalue weighted by molar-refractivity contribution is 6.31. The minimum absolute atomic E-state index is 0.780. The van der Waals surface area contributed by atoms with Crippen molar-refractivity contribution in [2.24, 2.45) is 0 Å².